The van der Waals surface area contributed by atoms with Gasteiger partial charge in [0.05, 0.1) is 6.61 Å². The predicted molar refractivity (Wildman–Crippen MR) is 91.9 cm³/mol. The molecular weight excluding hydrogens is 286 g/mol. The average Bonchev–Trinajstić information content (AvgIpc) is 3.29. The van der Waals surface area contributed by atoms with E-state index in [1.54, 1.807) is 6.20 Å². The van der Waals surface area contributed by atoms with Gasteiger partial charge in [0.15, 0.2) is 6.29 Å². The molecule has 1 aromatic heterocycles. The lowest BCUT2D eigenvalue weighted by Crippen LogP contribution is -2.11. The molecule has 0 bridgehead atoms. The van der Waals surface area contributed by atoms with Crippen LogP contribution in [0.4, 0.5) is 0 Å². The number of aldehydes is 1. The van der Waals surface area contributed by atoms with Crippen molar-refractivity contribution in [1.29, 1.82) is 0 Å². The van der Waals surface area contributed by atoms with Gasteiger partial charge in [-0.15, -0.1) is 0 Å². The Balaban J connectivity index is 1.79. The summed E-state index contributed by atoms with van der Waals surface area (Å²) in [5.74, 6) is 0. The van der Waals surface area contributed by atoms with Crippen molar-refractivity contribution in [2.45, 2.75) is 25.2 Å². The number of aryl methyl sites for hydroxylation is 1. The Kier molecular flexibility index (Phi) is 3.13. The first-order valence-electron chi connectivity index (χ1n) is 7.95. The normalized spacial score (nSPS) is 15.7. The van der Waals surface area contributed by atoms with Crippen molar-refractivity contribution in [2.75, 3.05) is 6.61 Å². The molecule has 0 spiro atoms. The van der Waals surface area contributed by atoms with E-state index in [2.05, 4.69) is 48.3 Å². The van der Waals surface area contributed by atoms with Crippen molar-refractivity contribution in [3.05, 3.63) is 59.3 Å². The molecule has 1 aliphatic rings. The third-order valence-electron chi connectivity index (χ3n) is 5.15. The highest BCUT2D eigenvalue weighted by atomic mass is 16.3. The van der Waals surface area contributed by atoms with Crippen molar-refractivity contribution in [3.8, 4) is 11.1 Å². The maximum Gasteiger partial charge on any atom is 0.152 e. The fourth-order valence-electron chi connectivity index (χ4n) is 3.40. The molecule has 3 heteroatoms. The zero-order valence-corrected chi connectivity index (χ0v) is 13.1. The number of aromatic amines is 1. The average molecular weight is 305 g/mol. The third-order valence-corrected chi connectivity index (χ3v) is 5.15. The van der Waals surface area contributed by atoms with Crippen molar-refractivity contribution in [1.82, 2.24) is 4.98 Å². The molecule has 0 amide bonds. The van der Waals surface area contributed by atoms with Crippen LogP contribution in [0.25, 0.3) is 22.0 Å². The molecule has 2 aromatic carbocycles. The summed E-state index contributed by atoms with van der Waals surface area (Å²) >= 11 is 0. The summed E-state index contributed by atoms with van der Waals surface area (Å²) < 4.78 is 0. The minimum absolute atomic E-state index is 0.00283. The third kappa shape index (κ3) is 2.20. The van der Waals surface area contributed by atoms with Gasteiger partial charge in [-0.05, 0) is 54.2 Å². The van der Waals surface area contributed by atoms with Gasteiger partial charge in [-0.25, -0.2) is 0 Å². The van der Waals surface area contributed by atoms with Gasteiger partial charge >= 0.3 is 0 Å². The molecule has 23 heavy (non-hydrogen) atoms. The van der Waals surface area contributed by atoms with Gasteiger partial charge in [0, 0.05) is 28.1 Å². The Morgan fingerprint density at radius 3 is 2.57 bits per heavy atom. The number of hydrogen-bond donors (Lipinski definition) is 2. The number of aliphatic hydroxyl groups is 1. The first-order valence-corrected chi connectivity index (χ1v) is 7.95. The highest BCUT2D eigenvalue weighted by Crippen LogP contribution is 2.48. The smallest absolute Gasteiger partial charge is 0.152 e. The number of hydrogen-bond acceptors (Lipinski definition) is 2. The molecule has 3 nitrogen and oxygen atoms in total. The standard InChI is InChI=1S/C20H19NO2/c1-13-8-19-18(15(11-22)10-21-19)9-17(13)14-2-4-16(5-3-14)20(12-23)6-7-20/h2-5,8-11,21,23H,6-7,12H2,1H3. The quantitative estimate of drug-likeness (QED) is 0.716. The largest absolute Gasteiger partial charge is 0.395 e. The number of aromatic nitrogens is 1. The molecule has 0 atom stereocenters. The molecule has 1 aliphatic carbocycles. The zero-order valence-electron chi connectivity index (χ0n) is 13.1. The second-order valence-electron chi connectivity index (χ2n) is 6.59. The summed E-state index contributed by atoms with van der Waals surface area (Å²) in [4.78, 5) is 14.3. The topological polar surface area (TPSA) is 53.1 Å². The summed E-state index contributed by atoms with van der Waals surface area (Å²) in [6.07, 6.45) is 4.78. The van der Waals surface area contributed by atoms with Crippen molar-refractivity contribution >= 4 is 17.2 Å². The number of nitrogens with one attached hydrogen (secondary N) is 1. The van der Waals surface area contributed by atoms with Crippen LogP contribution in [0.1, 0.15) is 34.3 Å². The molecule has 0 unspecified atom stereocenters. The van der Waals surface area contributed by atoms with E-state index in [1.165, 1.54) is 11.1 Å². The Labute approximate surface area is 135 Å². The minimum atomic E-state index is 0.00283. The first kappa shape index (κ1) is 14.2. The summed E-state index contributed by atoms with van der Waals surface area (Å²) in [6.45, 7) is 2.31. The van der Waals surface area contributed by atoms with E-state index in [9.17, 15) is 9.90 Å². The summed E-state index contributed by atoms with van der Waals surface area (Å²) in [5.41, 5.74) is 6.35. The van der Waals surface area contributed by atoms with Crippen LogP contribution in [0, 0.1) is 6.92 Å². The van der Waals surface area contributed by atoms with Crippen LogP contribution in [-0.4, -0.2) is 23.0 Å². The van der Waals surface area contributed by atoms with Gasteiger partial charge in [-0.3, -0.25) is 4.79 Å². The Morgan fingerprint density at radius 1 is 1.22 bits per heavy atom. The molecule has 2 N–H and O–H groups in total. The van der Waals surface area contributed by atoms with Gasteiger partial charge in [0.25, 0.3) is 0 Å². The molecule has 0 radical (unpaired) electrons. The maximum atomic E-state index is 11.2. The van der Waals surface area contributed by atoms with Gasteiger partial charge < -0.3 is 10.1 Å². The van der Waals surface area contributed by atoms with Crippen molar-refractivity contribution in [2.24, 2.45) is 0 Å². The van der Waals surface area contributed by atoms with Gasteiger partial charge in [-0.2, -0.15) is 0 Å². The van der Waals surface area contributed by atoms with Crippen LogP contribution >= 0.6 is 0 Å². The zero-order chi connectivity index (χ0) is 16.0. The van der Waals surface area contributed by atoms with Gasteiger partial charge in [-0.1, -0.05) is 24.3 Å². The van der Waals surface area contributed by atoms with E-state index in [4.69, 9.17) is 0 Å². The fraction of sp³-hybridized carbons (Fsp3) is 0.250. The number of H-pyrrole nitrogens is 1. The van der Waals surface area contributed by atoms with E-state index >= 15 is 0 Å². The fourth-order valence-corrected chi connectivity index (χ4v) is 3.40. The highest BCUT2D eigenvalue weighted by Gasteiger charge is 2.43. The lowest BCUT2D eigenvalue weighted by Gasteiger charge is -2.13. The summed E-state index contributed by atoms with van der Waals surface area (Å²) in [5, 5.41) is 10.5. The summed E-state index contributed by atoms with van der Waals surface area (Å²) in [7, 11) is 0. The van der Waals surface area contributed by atoms with E-state index in [0.717, 1.165) is 41.2 Å². The van der Waals surface area contributed by atoms with E-state index in [-0.39, 0.29) is 12.0 Å². The number of benzene rings is 2. The molecule has 116 valence electrons. The molecule has 1 fully saturated rings. The van der Waals surface area contributed by atoms with Crippen LogP contribution in [0.2, 0.25) is 0 Å². The van der Waals surface area contributed by atoms with E-state index in [1.807, 2.05) is 0 Å². The maximum absolute atomic E-state index is 11.2. The Bertz CT molecular complexity index is 886. The Hall–Kier alpha value is -2.39. The van der Waals surface area contributed by atoms with E-state index in [0.29, 0.717) is 5.56 Å². The number of rotatable bonds is 4. The SMILES string of the molecule is Cc1cc2[nH]cc(C=O)c2cc1-c1ccc(C2(CO)CC2)cc1. The van der Waals surface area contributed by atoms with Crippen LogP contribution in [-0.2, 0) is 5.41 Å². The van der Waals surface area contributed by atoms with Crippen molar-refractivity contribution in [3.63, 3.8) is 0 Å². The van der Waals surface area contributed by atoms with Crippen LogP contribution in [0.15, 0.2) is 42.6 Å². The predicted octanol–water partition coefficient (Wildman–Crippen LogP) is 3.98. The van der Waals surface area contributed by atoms with E-state index < -0.39 is 0 Å². The number of carbonyl (C=O) groups excluding carboxylic acids is 1. The molecule has 0 aliphatic heterocycles. The van der Waals surface area contributed by atoms with Gasteiger partial charge in [0.1, 0.15) is 0 Å². The molecule has 0 saturated heterocycles. The van der Waals surface area contributed by atoms with Crippen molar-refractivity contribution < 1.29 is 9.90 Å². The van der Waals surface area contributed by atoms with Gasteiger partial charge in [0.2, 0.25) is 0 Å². The molecule has 3 aromatic rings. The minimum Gasteiger partial charge on any atom is -0.395 e. The van der Waals surface area contributed by atoms with Crippen LogP contribution in [0.3, 0.4) is 0 Å². The highest BCUT2D eigenvalue weighted by molar-refractivity contribution is 5.99. The number of fused-ring (bicyclic) bond motifs is 1. The first-order chi connectivity index (χ1) is 11.2. The number of carbonyl (C=O) groups is 1. The lowest BCUT2D eigenvalue weighted by molar-refractivity contribution is 0.112. The summed E-state index contributed by atoms with van der Waals surface area (Å²) in [6, 6.07) is 12.7. The lowest BCUT2D eigenvalue weighted by atomic mass is 9.92. The molecule has 1 saturated carbocycles. The number of aliphatic hydroxyl groups excluding tert-OH is 1. The van der Waals surface area contributed by atoms with Crippen LogP contribution < -0.4 is 0 Å². The molecular formula is C20H19NO2. The second kappa shape index (κ2) is 5.07. The monoisotopic (exact) mass is 305 g/mol. The molecule has 4 rings (SSSR count). The van der Waals surface area contributed by atoms with Crippen LogP contribution in [0.5, 0.6) is 0 Å². The second-order valence-corrected chi connectivity index (χ2v) is 6.59. The molecule has 1 heterocycles. The Morgan fingerprint density at radius 2 is 1.96 bits per heavy atom.